The van der Waals surface area contributed by atoms with Crippen LogP contribution in [0.4, 0.5) is 5.69 Å². The Morgan fingerprint density at radius 2 is 1.62 bits per heavy atom. The number of carbonyl (C=O) groups excluding carboxylic acids is 2. The summed E-state index contributed by atoms with van der Waals surface area (Å²) in [5.41, 5.74) is 2.87. The highest BCUT2D eigenvalue weighted by Gasteiger charge is 2.32. The summed E-state index contributed by atoms with van der Waals surface area (Å²) >= 11 is 6.11. The number of ether oxygens (including phenoxy) is 3. The fourth-order valence-corrected chi connectivity index (χ4v) is 4.55. The van der Waals surface area contributed by atoms with E-state index in [1.54, 1.807) is 66.6 Å². The van der Waals surface area contributed by atoms with E-state index in [2.05, 4.69) is 5.32 Å². The Kier molecular flexibility index (Phi) is 7.99. The predicted octanol–water partition coefficient (Wildman–Crippen LogP) is 6.03. The van der Waals surface area contributed by atoms with Crippen LogP contribution in [0.15, 0.2) is 97.1 Å². The minimum absolute atomic E-state index is 0.129. The number of nitrogens with one attached hydrogen (secondary N) is 1. The zero-order chi connectivity index (χ0) is 27.2. The Labute approximate surface area is 231 Å². The van der Waals surface area contributed by atoms with Crippen molar-refractivity contribution in [2.45, 2.75) is 19.0 Å². The third-order valence-electron chi connectivity index (χ3n) is 6.42. The van der Waals surface area contributed by atoms with Gasteiger partial charge in [0, 0.05) is 23.3 Å². The van der Waals surface area contributed by atoms with Gasteiger partial charge in [-0.05, 0) is 53.1 Å². The van der Waals surface area contributed by atoms with Crippen LogP contribution < -0.4 is 19.5 Å². The minimum atomic E-state index is -0.937. The van der Waals surface area contributed by atoms with Crippen molar-refractivity contribution < 1.29 is 23.8 Å². The van der Waals surface area contributed by atoms with Gasteiger partial charge in [0.1, 0.15) is 11.8 Å². The van der Waals surface area contributed by atoms with E-state index in [4.69, 9.17) is 25.8 Å². The van der Waals surface area contributed by atoms with Gasteiger partial charge in [0.2, 0.25) is 12.7 Å². The zero-order valence-electron chi connectivity index (χ0n) is 21.3. The smallest absolute Gasteiger partial charge is 0.251 e. The van der Waals surface area contributed by atoms with Crippen molar-refractivity contribution in [3.05, 3.63) is 119 Å². The number of hydrogen-bond acceptors (Lipinski definition) is 5. The summed E-state index contributed by atoms with van der Waals surface area (Å²) in [6, 6.07) is 28.1. The van der Waals surface area contributed by atoms with Gasteiger partial charge in [-0.1, -0.05) is 66.2 Å². The number of methoxy groups -OCH3 is 1. The molecule has 1 aliphatic heterocycles. The molecule has 198 valence electrons. The zero-order valence-corrected chi connectivity index (χ0v) is 22.1. The molecular weight excluding hydrogens is 516 g/mol. The molecule has 0 bridgehead atoms. The van der Waals surface area contributed by atoms with Crippen molar-refractivity contribution in [2.24, 2.45) is 0 Å². The number of carbonyl (C=O) groups is 2. The molecule has 0 aliphatic carbocycles. The topological polar surface area (TPSA) is 77.1 Å². The number of amides is 2. The van der Waals surface area contributed by atoms with E-state index in [0.717, 1.165) is 11.1 Å². The third kappa shape index (κ3) is 6.33. The van der Waals surface area contributed by atoms with Crippen LogP contribution in [0.1, 0.15) is 22.7 Å². The quantitative estimate of drug-likeness (QED) is 0.279. The van der Waals surface area contributed by atoms with Crippen LogP contribution >= 0.6 is 11.6 Å². The summed E-state index contributed by atoms with van der Waals surface area (Å²) in [5, 5.41) is 3.56. The summed E-state index contributed by atoms with van der Waals surface area (Å²) in [6.07, 6.45) is 0.137. The summed E-state index contributed by atoms with van der Waals surface area (Å²) < 4.78 is 16.2. The Bertz CT molecular complexity index is 1440. The molecule has 8 heteroatoms. The number of fused-ring (bicyclic) bond motifs is 1. The van der Waals surface area contributed by atoms with Gasteiger partial charge in [0.15, 0.2) is 11.5 Å². The van der Waals surface area contributed by atoms with Crippen LogP contribution in [-0.4, -0.2) is 30.6 Å². The van der Waals surface area contributed by atoms with Gasteiger partial charge in [-0.15, -0.1) is 0 Å². The van der Waals surface area contributed by atoms with E-state index >= 15 is 0 Å². The van der Waals surface area contributed by atoms with Gasteiger partial charge < -0.3 is 24.4 Å². The second-order valence-electron chi connectivity index (χ2n) is 9.04. The van der Waals surface area contributed by atoms with Crippen LogP contribution in [0.25, 0.3) is 0 Å². The first-order valence-corrected chi connectivity index (χ1v) is 12.8. The monoisotopic (exact) mass is 542 g/mol. The second-order valence-corrected chi connectivity index (χ2v) is 9.48. The van der Waals surface area contributed by atoms with E-state index in [9.17, 15) is 9.59 Å². The van der Waals surface area contributed by atoms with Crippen molar-refractivity contribution in [1.82, 2.24) is 4.90 Å². The Morgan fingerprint density at radius 3 is 2.33 bits per heavy atom. The largest absolute Gasteiger partial charge is 0.497 e. The molecule has 1 heterocycles. The predicted molar refractivity (Wildman–Crippen MR) is 149 cm³/mol. The number of anilines is 1. The van der Waals surface area contributed by atoms with Crippen LogP contribution in [0.2, 0.25) is 5.02 Å². The van der Waals surface area contributed by atoms with Crippen molar-refractivity contribution in [2.75, 3.05) is 19.2 Å². The highest BCUT2D eigenvalue weighted by atomic mass is 35.5. The van der Waals surface area contributed by atoms with E-state index in [0.29, 0.717) is 33.5 Å². The van der Waals surface area contributed by atoms with Gasteiger partial charge in [-0.2, -0.15) is 0 Å². The fraction of sp³-hybridized carbons (Fsp3) is 0.161. The highest BCUT2D eigenvalue weighted by molar-refractivity contribution is 6.30. The fourth-order valence-electron chi connectivity index (χ4n) is 4.43. The normalized spacial score (nSPS) is 12.5. The average Bonchev–Trinajstić information content (AvgIpc) is 3.43. The molecule has 4 aromatic rings. The first-order valence-electron chi connectivity index (χ1n) is 12.4. The van der Waals surface area contributed by atoms with Crippen molar-refractivity contribution in [3.63, 3.8) is 0 Å². The molecule has 1 N–H and O–H groups in total. The summed E-state index contributed by atoms with van der Waals surface area (Å²) in [4.78, 5) is 29.5. The number of rotatable bonds is 9. The van der Waals surface area contributed by atoms with E-state index < -0.39 is 6.04 Å². The van der Waals surface area contributed by atoms with E-state index in [1.807, 2.05) is 42.5 Å². The molecule has 5 rings (SSSR count). The SMILES string of the molecule is COc1ccc(C(C(=O)Nc2ccc3c(c2)OCO3)N(Cc2ccc(Cl)cc2)C(=O)Cc2ccccc2)cc1. The number of hydrogen-bond donors (Lipinski definition) is 1. The summed E-state index contributed by atoms with van der Waals surface area (Å²) in [7, 11) is 1.58. The average molecular weight is 543 g/mol. The summed E-state index contributed by atoms with van der Waals surface area (Å²) in [5.74, 6) is 1.25. The minimum Gasteiger partial charge on any atom is -0.497 e. The highest BCUT2D eigenvalue weighted by Crippen LogP contribution is 2.35. The molecule has 1 atom stereocenters. The van der Waals surface area contributed by atoms with Crippen LogP contribution in [0.3, 0.4) is 0 Å². The molecule has 0 saturated carbocycles. The lowest BCUT2D eigenvalue weighted by molar-refractivity contribution is -0.139. The molecule has 7 nitrogen and oxygen atoms in total. The van der Waals surface area contributed by atoms with Crippen molar-refractivity contribution >= 4 is 29.1 Å². The van der Waals surface area contributed by atoms with Crippen LogP contribution in [0, 0.1) is 0 Å². The summed E-state index contributed by atoms with van der Waals surface area (Å²) in [6.45, 7) is 0.332. The molecule has 4 aromatic carbocycles. The lowest BCUT2D eigenvalue weighted by atomic mass is 10.0. The maximum absolute atomic E-state index is 14.0. The van der Waals surface area contributed by atoms with Gasteiger partial charge in [0.05, 0.1) is 13.5 Å². The Morgan fingerprint density at radius 1 is 0.897 bits per heavy atom. The van der Waals surface area contributed by atoms with Crippen molar-refractivity contribution in [1.29, 1.82) is 0 Å². The second kappa shape index (κ2) is 11.9. The van der Waals surface area contributed by atoms with Gasteiger partial charge in [-0.25, -0.2) is 0 Å². The molecule has 0 spiro atoms. The van der Waals surface area contributed by atoms with Crippen LogP contribution in [0.5, 0.6) is 17.2 Å². The molecule has 1 unspecified atom stereocenters. The molecule has 0 aromatic heterocycles. The molecule has 0 fully saturated rings. The molecule has 0 radical (unpaired) electrons. The van der Waals surface area contributed by atoms with Gasteiger partial charge in [0.25, 0.3) is 5.91 Å². The van der Waals surface area contributed by atoms with Crippen LogP contribution in [-0.2, 0) is 22.6 Å². The molecule has 39 heavy (non-hydrogen) atoms. The Hall–Kier alpha value is -4.49. The van der Waals surface area contributed by atoms with Gasteiger partial charge in [-0.3, -0.25) is 9.59 Å². The molecule has 1 aliphatic rings. The van der Waals surface area contributed by atoms with Gasteiger partial charge >= 0.3 is 0 Å². The third-order valence-corrected chi connectivity index (χ3v) is 6.67. The maximum atomic E-state index is 14.0. The Balaban J connectivity index is 1.52. The first kappa shape index (κ1) is 26.1. The maximum Gasteiger partial charge on any atom is 0.251 e. The first-order chi connectivity index (χ1) is 19.0. The molecule has 0 saturated heterocycles. The standard InChI is InChI=1S/C31H27ClN2O5/c1-37-26-14-9-23(10-15-26)30(31(36)33-25-13-16-27-28(18-25)39-20-38-27)34(19-22-7-11-24(32)12-8-22)29(35)17-21-5-3-2-4-6-21/h2-16,18,30H,17,19-20H2,1H3,(H,33,36). The number of halogens is 1. The van der Waals surface area contributed by atoms with E-state index in [1.165, 1.54) is 0 Å². The molecule has 2 amide bonds. The van der Waals surface area contributed by atoms with Crippen molar-refractivity contribution in [3.8, 4) is 17.2 Å². The number of benzene rings is 4. The lowest BCUT2D eigenvalue weighted by Gasteiger charge is -2.32. The lowest BCUT2D eigenvalue weighted by Crippen LogP contribution is -2.41. The molecular formula is C31H27ClN2O5. The van der Waals surface area contributed by atoms with E-state index in [-0.39, 0.29) is 31.6 Å². The number of nitrogens with zero attached hydrogens (tertiary/aromatic N) is 1.